The van der Waals surface area contributed by atoms with Crippen LogP contribution in [0.2, 0.25) is 0 Å². The molecule has 0 aliphatic rings. The molecule has 0 N–H and O–H groups in total. The van der Waals surface area contributed by atoms with Gasteiger partial charge < -0.3 is 9.15 Å². The van der Waals surface area contributed by atoms with Gasteiger partial charge in [-0.1, -0.05) is 0 Å². The Kier molecular flexibility index (Phi) is 5.57. The second-order valence-corrected chi connectivity index (χ2v) is 6.13. The first kappa shape index (κ1) is 17.3. The Labute approximate surface area is 148 Å². The fraction of sp³-hybridized carbons (Fsp3) is 0.222. The summed E-state index contributed by atoms with van der Waals surface area (Å²) in [6, 6.07) is 10.0. The first-order valence-corrected chi connectivity index (χ1v) is 8.62. The minimum absolute atomic E-state index is 0.273. The number of thiazole rings is 1. The molecule has 0 saturated carbocycles. The standard InChI is InChI=1S/C18H18FN3O2S/c1-13-3-8-16(24-13)11-21-22-17(14-4-6-15(19)7-5-14)12-25-18(22)20-9-10-23-2/h3-8,11-12H,9-10H2,1-2H3/b20-18?,21-11-. The van der Waals surface area contributed by atoms with E-state index in [1.165, 1.54) is 23.5 Å². The minimum Gasteiger partial charge on any atom is -0.460 e. The molecule has 2 heterocycles. The maximum Gasteiger partial charge on any atom is 0.206 e. The fourth-order valence-corrected chi connectivity index (χ4v) is 3.07. The van der Waals surface area contributed by atoms with Gasteiger partial charge in [-0.2, -0.15) is 5.10 Å². The van der Waals surface area contributed by atoms with Crippen LogP contribution in [-0.4, -0.2) is 31.2 Å². The number of ether oxygens (including phenoxy) is 1. The van der Waals surface area contributed by atoms with Crippen LogP contribution in [0.1, 0.15) is 11.5 Å². The number of rotatable bonds is 6. The minimum atomic E-state index is -0.273. The molecule has 0 spiro atoms. The molecule has 130 valence electrons. The third kappa shape index (κ3) is 4.32. The van der Waals surface area contributed by atoms with Crippen LogP contribution in [-0.2, 0) is 4.74 Å². The smallest absolute Gasteiger partial charge is 0.206 e. The first-order valence-electron chi connectivity index (χ1n) is 7.74. The van der Waals surface area contributed by atoms with Gasteiger partial charge in [-0.05, 0) is 43.3 Å². The van der Waals surface area contributed by atoms with Crippen molar-refractivity contribution in [3.8, 4) is 11.3 Å². The molecule has 3 aromatic rings. The predicted molar refractivity (Wildman–Crippen MR) is 96.4 cm³/mol. The second-order valence-electron chi connectivity index (χ2n) is 5.29. The van der Waals surface area contributed by atoms with Gasteiger partial charge in [-0.3, -0.25) is 4.99 Å². The number of aryl methyl sites for hydroxylation is 1. The van der Waals surface area contributed by atoms with E-state index in [-0.39, 0.29) is 5.82 Å². The summed E-state index contributed by atoms with van der Waals surface area (Å²) in [6.45, 7) is 2.95. The van der Waals surface area contributed by atoms with Crippen LogP contribution in [0.5, 0.6) is 0 Å². The molecule has 5 nitrogen and oxygen atoms in total. The van der Waals surface area contributed by atoms with Crippen molar-refractivity contribution in [2.75, 3.05) is 20.3 Å². The van der Waals surface area contributed by atoms with E-state index in [0.717, 1.165) is 21.8 Å². The van der Waals surface area contributed by atoms with Crippen molar-refractivity contribution in [3.05, 3.63) is 63.9 Å². The number of benzene rings is 1. The third-order valence-electron chi connectivity index (χ3n) is 3.43. The topological polar surface area (TPSA) is 52.0 Å². The molecule has 0 aliphatic carbocycles. The summed E-state index contributed by atoms with van der Waals surface area (Å²) in [5.74, 6) is 1.20. The van der Waals surface area contributed by atoms with Crippen molar-refractivity contribution in [2.45, 2.75) is 6.92 Å². The van der Waals surface area contributed by atoms with Gasteiger partial charge in [-0.15, -0.1) is 11.3 Å². The number of hydrogen-bond acceptors (Lipinski definition) is 5. The molecular formula is C18H18FN3O2S. The molecule has 3 rings (SSSR count). The lowest BCUT2D eigenvalue weighted by Gasteiger charge is -2.03. The Morgan fingerprint density at radius 3 is 2.72 bits per heavy atom. The van der Waals surface area contributed by atoms with Gasteiger partial charge in [0.25, 0.3) is 0 Å². The number of nitrogens with zero attached hydrogens (tertiary/aromatic N) is 3. The first-order chi connectivity index (χ1) is 12.2. The zero-order chi connectivity index (χ0) is 17.6. The van der Waals surface area contributed by atoms with E-state index in [4.69, 9.17) is 9.15 Å². The van der Waals surface area contributed by atoms with Gasteiger partial charge in [0.1, 0.15) is 17.3 Å². The van der Waals surface area contributed by atoms with E-state index < -0.39 is 0 Å². The van der Waals surface area contributed by atoms with Crippen molar-refractivity contribution in [1.29, 1.82) is 0 Å². The van der Waals surface area contributed by atoms with Crippen molar-refractivity contribution in [1.82, 2.24) is 4.68 Å². The summed E-state index contributed by atoms with van der Waals surface area (Å²) in [5, 5.41) is 6.46. The summed E-state index contributed by atoms with van der Waals surface area (Å²) < 4.78 is 25.5. The van der Waals surface area contributed by atoms with Crippen LogP contribution in [0, 0.1) is 12.7 Å². The highest BCUT2D eigenvalue weighted by Crippen LogP contribution is 2.20. The zero-order valence-electron chi connectivity index (χ0n) is 14.0. The molecule has 7 heteroatoms. The molecule has 0 saturated heterocycles. The normalized spacial score (nSPS) is 12.4. The number of furan rings is 1. The highest BCUT2D eigenvalue weighted by atomic mass is 32.1. The van der Waals surface area contributed by atoms with Gasteiger partial charge in [-0.25, -0.2) is 9.07 Å². The second kappa shape index (κ2) is 8.04. The molecule has 0 aliphatic heterocycles. The number of aromatic nitrogens is 1. The van der Waals surface area contributed by atoms with E-state index in [0.29, 0.717) is 18.9 Å². The van der Waals surface area contributed by atoms with Crippen molar-refractivity contribution >= 4 is 17.6 Å². The maximum absolute atomic E-state index is 13.2. The Morgan fingerprint density at radius 1 is 1.24 bits per heavy atom. The lowest BCUT2D eigenvalue weighted by atomic mass is 10.2. The average Bonchev–Trinajstić information content (AvgIpc) is 3.20. The summed E-state index contributed by atoms with van der Waals surface area (Å²) >= 11 is 1.47. The van der Waals surface area contributed by atoms with E-state index in [9.17, 15) is 4.39 Å². The zero-order valence-corrected chi connectivity index (χ0v) is 14.8. The molecule has 0 amide bonds. The quantitative estimate of drug-likeness (QED) is 0.498. The largest absolute Gasteiger partial charge is 0.460 e. The van der Waals surface area contributed by atoms with Crippen LogP contribution in [0.4, 0.5) is 4.39 Å². The van der Waals surface area contributed by atoms with Gasteiger partial charge in [0.2, 0.25) is 4.80 Å². The van der Waals surface area contributed by atoms with Gasteiger partial charge in [0.05, 0.1) is 25.1 Å². The number of hydrogen-bond donors (Lipinski definition) is 0. The molecule has 0 fully saturated rings. The highest BCUT2D eigenvalue weighted by Gasteiger charge is 2.08. The van der Waals surface area contributed by atoms with Crippen molar-refractivity contribution < 1.29 is 13.5 Å². The molecule has 0 atom stereocenters. The molecule has 1 aromatic carbocycles. The lowest BCUT2D eigenvalue weighted by Crippen LogP contribution is -2.13. The predicted octanol–water partition coefficient (Wildman–Crippen LogP) is 3.69. The van der Waals surface area contributed by atoms with Gasteiger partial charge in [0.15, 0.2) is 0 Å². The van der Waals surface area contributed by atoms with E-state index in [2.05, 4.69) is 10.1 Å². The number of methoxy groups -OCH3 is 1. The van der Waals surface area contributed by atoms with Crippen molar-refractivity contribution in [3.63, 3.8) is 0 Å². The third-order valence-corrected chi connectivity index (χ3v) is 4.28. The summed E-state index contributed by atoms with van der Waals surface area (Å²) in [5.41, 5.74) is 1.69. The molecule has 0 radical (unpaired) electrons. The average molecular weight is 359 g/mol. The molecular weight excluding hydrogens is 341 g/mol. The molecule has 2 aromatic heterocycles. The Bertz CT molecular complexity index is 922. The highest BCUT2D eigenvalue weighted by molar-refractivity contribution is 7.07. The molecule has 0 unspecified atom stereocenters. The molecule has 25 heavy (non-hydrogen) atoms. The SMILES string of the molecule is COCCN=c1scc(-c2ccc(F)cc2)n1/N=C\c1ccc(C)o1. The van der Waals surface area contributed by atoms with Gasteiger partial charge in [0, 0.05) is 18.1 Å². The van der Waals surface area contributed by atoms with E-state index in [1.807, 2.05) is 24.4 Å². The lowest BCUT2D eigenvalue weighted by molar-refractivity contribution is 0.207. The van der Waals surface area contributed by atoms with Crippen LogP contribution in [0.3, 0.4) is 0 Å². The Balaban J connectivity index is 2.01. The Morgan fingerprint density at radius 2 is 2.04 bits per heavy atom. The Hall–Kier alpha value is -2.51. The van der Waals surface area contributed by atoms with Crippen LogP contribution < -0.4 is 4.80 Å². The molecule has 0 bridgehead atoms. The van der Waals surface area contributed by atoms with Crippen LogP contribution in [0.25, 0.3) is 11.3 Å². The summed E-state index contributed by atoms with van der Waals surface area (Å²) in [6.07, 6.45) is 1.64. The van der Waals surface area contributed by atoms with Crippen molar-refractivity contribution in [2.24, 2.45) is 10.1 Å². The summed E-state index contributed by atoms with van der Waals surface area (Å²) in [7, 11) is 1.64. The van der Waals surface area contributed by atoms with Crippen LogP contribution >= 0.6 is 11.3 Å². The van der Waals surface area contributed by atoms with E-state index >= 15 is 0 Å². The fourth-order valence-electron chi connectivity index (χ4n) is 2.21. The van der Waals surface area contributed by atoms with Gasteiger partial charge >= 0.3 is 0 Å². The monoisotopic (exact) mass is 359 g/mol. The summed E-state index contributed by atoms with van der Waals surface area (Å²) in [4.78, 5) is 5.25. The maximum atomic E-state index is 13.2. The van der Waals surface area contributed by atoms with Crippen LogP contribution in [0.15, 0.2) is 56.3 Å². The van der Waals surface area contributed by atoms with E-state index in [1.54, 1.807) is 30.1 Å². The number of halogens is 1.